The Hall–Kier alpha value is 0.630. The summed E-state index contributed by atoms with van der Waals surface area (Å²) in [4.78, 5) is 1.06. The van der Waals surface area contributed by atoms with Crippen LogP contribution in [-0.2, 0) is 0 Å². The molecule has 96 valence electrons. The molecule has 0 aliphatic rings. The van der Waals surface area contributed by atoms with Gasteiger partial charge in [0.25, 0.3) is 0 Å². The van der Waals surface area contributed by atoms with E-state index in [9.17, 15) is 0 Å². The van der Waals surface area contributed by atoms with Crippen molar-refractivity contribution in [3.63, 3.8) is 0 Å². The average Bonchev–Trinajstić information content (AvgIpc) is 2.22. The van der Waals surface area contributed by atoms with Gasteiger partial charge in [0, 0.05) is 21.0 Å². The van der Waals surface area contributed by atoms with Crippen LogP contribution in [0.1, 0.15) is 20.8 Å². The van der Waals surface area contributed by atoms with E-state index in [0.29, 0.717) is 11.3 Å². The van der Waals surface area contributed by atoms with E-state index >= 15 is 0 Å². The summed E-state index contributed by atoms with van der Waals surface area (Å²) in [6, 6.07) is 5.61. The smallest absolute Gasteiger partial charge is 0.0542 e. The number of benzene rings is 1. The lowest BCUT2D eigenvalue weighted by Gasteiger charge is -2.28. The van der Waals surface area contributed by atoms with Crippen LogP contribution in [0.2, 0.25) is 10.0 Å². The van der Waals surface area contributed by atoms with Gasteiger partial charge in [0.1, 0.15) is 0 Å². The second-order valence-corrected chi connectivity index (χ2v) is 7.66. The first-order chi connectivity index (χ1) is 7.84. The fraction of sp³-hybridized carbons (Fsp3) is 0.538. The van der Waals surface area contributed by atoms with Crippen LogP contribution >= 0.6 is 50.9 Å². The standard InChI is InChI=1S/C13H17BrCl2S/c1-13(2,3)9(7-14)8-17-12-6-10(15)4-5-11(12)16/h4-6,9H,7-8H2,1-3H3. The van der Waals surface area contributed by atoms with Crippen molar-refractivity contribution in [3.05, 3.63) is 28.2 Å². The molecule has 0 heterocycles. The molecule has 0 bridgehead atoms. The molecular weight excluding hydrogens is 339 g/mol. The van der Waals surface area contributed by atoms with E-state index in [2.05, 4.69) is 36.7 Å². The van der Waals surface area contributed by atoms with Gasteiger partial charge in [-0.1, -0.05) is 59.9 Å². The third-order valence-corrected chi connectivity index (χ3v) is 5.42. The number of hydrogen-bond acceptors (Lipinski definition) is 1. The van der Waals surface area contributed by atoms with Crippen molar-refractivity contribution in [2.24, 2.45) is 11.3 Å². The summed E-state index contributed by atoms with van der Waals surface area (Å²) >= 11 is 17.5. The molecule has 1 aromatic rings. The molecule has 1 rings (SSSR count). The molecular formula is C13H17BrCl2S. The van der Waals surface area contributed by atoms with Crippen molar-refractivity contribution < 1.29 is 0 Å². The predicted molar refractivity (Wildman–Crippen MR) is 83.9 cm³/mol. The fourth-order valence-electron chi connectivity index (χ4n) is 1.30. The molecule has 17 heavy (non-hydrogen) atoms. The molecule has 0 N–H and O–H groups in total. The largest absolute Gasteiger partial charge is 0.124 e. The maximum absolute atomic E-state index is 6.15. The second-order valence-electron chi connectivity index (χ2n) is 5.10. The third-order valence-electron chi connectivity index (χ3n) is 2.74. The van der Waals surface area contributed by atoms with E-state index in [1.165, 1.54) is 0 Å². The van der Waals surface area contributed by atoms with Gasteiger partial charge < -0.3 is 0 Å². The first kappa shape index (κ1) is 15.7. The second kappa shape index (κ2) is 6.70. The van der Waals surface area contributed by atoms with Crippen LogP contribution in [0, 0.1) is 11.3 Å². The quantitative estimate of drug-likeness (QED) is 0.461. The Labute approximate surface area is 127 Å². The molecule has 1 aromatic carbocycles. The zero-order chi connectivity index (χ0) is 13.1. The molecule has 0 amide bonds. The highest BCUT2D eigenvalue weighted by atomic mass is 79.9. The van der Waals surface area contributed by atoms with Gasteiger partial charge in [-0.25, -0.2) is 0 Å². The van der Waals surface area contributed by atoms with E-state index in [4.69, 9.17) is 23.2 Å². The first-order valence-electron chi connectivity index (χ1n) is 5.48. The SMILES string of the molecule is CC(C)(C)C(CBr)CSc1cc(Cl)ccc1Cl. The summed E-state index contributed by atoms with van der Waals surface area (Å²) in [7, 11) is 0. The lowest BCUT2D eigenvalue weighted by atomic mass is 9.83. The van der Waals surface area contributed by atoms with Crippen LogP contribution in [0.3, 0.4) is 0 Å². The topological polar surface area (TPSA) is 0 Å². The molecule has 0 spiro atoms. The molecule has 1 unspecified atom stereocenters. The lowest BCUT2D eigenvalue weighted by Crippen LogP contribution is -2.23. The molecule has 4 heteroatoms. The minimum atomic E-state index is 0.293. The van der Waals surface area contributed by atoms with Gasteiger partial charge in [-0.15, -0.1) is 11.8 Å². The molecule has 0 saturated carbocycles. The lowest BCUT2D eigenvalue weighted by molar-refractivity contribution is 0.295. The van der Waals surface area contributed by atoms with Crippen molar-refractivity contribution >= 4 is 50.9 Å². The van der Waals surface area contributed by atoms with Gasteiger partial charge in [0.15, 0.2) is 0 Å². The highest BCUT2D eigenvalue weighted by molar-refractivity contribution is 9.09. The molecule has 0 aromatic heterocycles. The van der Waals surface area contributed by atoms with Crippen LogP contribution in [-0.4, -0.2) is 11.1 Å². The summed E-state index contributed by atoms with van der Waals surface area (Å²) in [6.07, 6.45) is 0. The normalized spacial score (nSPS) is 13.8. The zero-order valence-corrected chi connectivity index (χ0v) is 14.2. The van der Waals surface area contributed by atoms with Gasteiger partial charge in [0.2, 0.25) is 0 Å². The highest BCUT2D eigenvalue weighted by Gasteiger charge is 2.23. The molecule has 0 aliphatic carbocycles. The first-order valence-corrected chi connectivity index (χ1v) is 8.34. The minimum absolute atomic E-state index is 0.293. The molecule has 1 atom stereocenters. The summed E-state index contributed by atoms with van der Waals surface area (Å²) in [6.45, 7) is 6.79. The molecule has 0 fully saturated rings. The maximum atomic E-state index is 6.15. The highest BCUT2D eigenvalue weighted by Crippen LogP contribution is 2.36. The van der Waals surface area contributed by atoms with Gasteiger partial charge in [-0.2, -0.15) is 0 Å². The number of halogens is 3. The predicted octanol–water partition coefficient (Wildman–Crippen LogP) is 6.14. The Morgan fingerprint density at radius 1 is 1.29 bits per heavy atom. The zero-order valence-electron chi connectivity index (χ0n) is 10.3. The van der Waals surface area contributed by atoms with E-state index < -0.39 is 0 Å². The van der Waals surface area contributed by atoms with Crippen molar-refractivity contribution in [3.8, 4) is 0 Å². The van der Waals surface area contributed by atoms with Gasteiger partial charge in [-0.05, 0) is 29.5 Å². The number of rotatable bonds is 4. The molecule has 0 saturated heterocycles. The van der Waals surface area contributed by atoms with E-state index in [1.807, 2.05) is 18.2 Å². The van der Waals surface area contributed by atoms with Crippen molar-refractivity contribution in [2.45, 2.75) is 25.7 Å². The summed E-state index contributed by atoms with van der Waals surface area (Å²) in [5, 5.41) is 2.52. The third kappa shape index (κ3) is 5.02. The summed E-state index contributed by atoms with van der Waals surface area (Å²) < 4.78 is 0. The van der Waals surface area contributed by atoms with Crippen molar-refractivity contribution in [1.29, 1.82) is 0 Å². The Bertz CT molecular complexity index is 374. The van der Waals surface area contributed by atoms with Crippen LogP contribution in [0.15, 0.2) is 23.1 Å². The molecule has 0 nitrogen and oxygen atoms in total. The van der Waals surface area contributed by atoms with Crippen molar-refractivity contribution in [2.75, 3.05) is 11.1 Å². The fourth-order valence-corrected chi connectivity index (χ4v) is 4.74. The van der Waals surface area contributed by atoms with Crippen LogP contribution < -0.4 is 0 Å². The number of thioether (sulfide) groups is 1. The van der Waals surface area contributed by atoms with Crippen LogP contribution in [0.5, 0.6) is 0 Å². The van der Waals surface area contributed by atoms with Gasteiger partial charge in [-0.3, -0.25) is 0 Å². The summed E-state index contributed by atoms with van der Waals surface area (Å²) in [5.74, 6) is 1.64. The van der Waals surface area contributed by atoms with E-state index in [-0.39, 0.29) is 0 Å². The Morgan fingerprint density at radius 2 is 1.94 bits per heavy atom. The Morgan fingerprint density at radius 3 is 2.47 bits per heavy atom. The van der Waals surface area contributed by atoms with E-state index in [0.717, 1.165) is 26.0 Å². The Balaban J connectivity index is 2.69. The molecule has 0 radical (unpaired) electrons. The monoisotopic (exact) mass is 354 g/mol. The average molecular weight is 356 g/mol. The van der Waals surface area contributed by atoms with E-state index in [1.54, 1.807) is 11.8 Å². The van der Waals surface area contributed by atoms with Gasteiger partial charge in [0.05, 0.1) is 5.02 Å². The Kier molecular flexibility index (Phi) is 6.18. The minimum Gasteiger partial charge on any atom is -0.124 e. The number of alkyl halides is 1. The number of hydrogen-bond donors (Lipinski definition) is 0. The van der Waals surface area contributed by atoms with Gasteiger partial charge >= 0.3 is 0 Å². The molecule has 0 aliphatic heterocycles. The maximum Gasteiger partial charge on any atom is 0.0542 e. The van der Waals surface area contributed by atoms with Crippen LogP contribution in [0.25, 0.3) is 0 Å². The van der Waals surface area contributed by atoms with Crippen molar-refractivity contribution in [1.82, 2.24) is 0 Å². The van der Waals surface area contributed by atoms with Crippen LogP contribution in [0.4, 0.5) is 0 Å². The summed E-state index contributed by atoms with van der Waals surface area (Å²) in [5.41, 5.74) is 0.293.